The summed E-state index contributed by atoms with van der Waals surface area (Å²) in [6.45, 7) is 1.75. The van der Waals surface area contributed by atoms with Gasteiger partial charge >= 0.3 is 0 Å². The molecule has 140 valence electrons. The van der Waals surface area contributed by atoms with Crippen LogP contribution in [0.4, 0.5) is 5.69 Å². The van der Waals surface area contributed by atoms with Gasteiger partial charge in [-0.05, 0) is 48.0 Å². The van der Waals surface area contributed by atoms with Crippen molar-refractivity contribution in [3.63, 3.8) is 0 Å². The number of anilines is 1. The summed E-state index contributed by atoms with van der Waals surface area (Å²) in [5.74, 6) is -0.312. The third-order valence-corrected chi connectivity index (χ3v) is 3.59. The molecular weight excluding hydrogens is 346 g/mol. The summed E-state index contributed by atoms with van der Waals surface area (Å²) in [6, 6.07) is 13.5. The second kappa shape index (κ2) is 9.76. The van der Waals surface area contributed by atoms with Crippen LogP contribution >= 0.6 is 0 Å². The standard InChI is InChI=1S/C20H21N3O4/c1-3-18(24)21-16-9-7-15(8-10-16)20(26)23-22-19(25)13-6-14-4-11-17(27-2)12-5-14/h4-13H,3H2,1-2H3,(H,21,24)(H,22,25)(H,23,26). The van der Waals surface area contributed by atoms with Gasteiger partial charge in [0.1, 0.15) is 5.75 Å². The Balaban J connectivity index is 1.84. The molecule has 2 rings (SSSR count). The number of rotatable bonds is 6. The number of methoxy groups -OCH3 is 1. The lowest BCUT2D eigenvalue weighted by Gasteiger charge is -2.07. The Hall–Kier alpha value is -3.61. The molecule has 0 fully saturated rings. The minimum atomic E-state index is -0.467. The molecule has 0 heterocycles. The quantitative estimate of drug-likeness (QED) is 0.540. The second-order valence-corrected chi connectivity index (χ2v) is 5.53. The molecule has 0 spiro atoms. The van der Waals surface area contributed by atoms with Crippen molar-refractivity contribution in [2.24, 2.45) is 0 Å². The van der Waals surface area contributed by atoms with Crippen LogP contribution in [0.1, 0.15) is 29.3 Å². The molecule has 0 atom stereocenters. The Morgan fingerprint density at radius 1 is 0.963 bits per heavy atom. The molecule has 0 bridgehead atoms. The summed E-state index contributed by atoms with van der Waals surface area (Å²) in [4.78, 5) is 35.2. The van der Waals surface area contributed by atoms with E-state index >= 15 is 0 Å². The van der Waals surface area contributed by atoms with Crippen LogP contribution in [0.5, 0.6) is 5.75 Å². The van der Waals surface area contributed by atoms with Gasteiger partial charge in [-0.3, -0.25) is 25.2 Å². The summed E-state index contributed by atoms with van der Waals surface area (Å²) in [6.07, 6.45) is 3.30. The van der Waals surface area contributed by atoms with Crippen molar-refractivity contribution in [2.75, 3.05) is 12.4 Å². The highest BCUT2D eigenvalue weighted by molar-refractivity contribution is 5.98. The van der Waals surface area contributed by atoms with E-state index in [1.165, 1.54) is 6.08 Å². The van der Waals surface area contributed by atoms with Crippen molar-refractivity contribution in [3.8, 4) is 5.75 Å². The first-order valence-electron chi connectivity index (χ1n) is 8.34. The topological polar surface area (TPSA) is 96.5 Å². The van der Waals surface area contributed by atoms with E-state index in [9.17, 15) is 14.4 Å². The highest BCUT2D eigenvalue weighted by Crippen LogP contribution is 2.12. The number of carbonyl (C=O) groups excluding carboxylic acids is 3. The largest absolute Gasteiger partial charge is 0.497 e. The van der Waals surface area contributed by atoms with Gasteiger partial charge in [0.05, 0.1) is 7.11 Å². The number of hydrazine groups is 1. The van der Waals surface area contributed by atoms with E-state index in [-0.39, 0.29) is 5.91 Å². The minimum absolute atomic E-state index is 0.108. The smallest absolute Gasteiger partial charge is 0.269 e. The number of carbonyl (C=O) groups is 3. The molecule has 0 radical (unpaired) electrons. The van der Waals surface area contributed by atoms with Gasteiger partial charge in [-0.25, -0.2) is 0 Å². The molecule has 27 heavy (non-hydrogen) atoms. The third-order valence-electron chi connectivity index (χ3n) is 3.59. The van der Waals surface area contributed by atoms with E-state index in [4.69, 9.17) is 4.74 Å². The van der Waals surface area contributed by atoms with Crippen molar-refractivity contribution in [3.05, 3.63) is 65.7 Å². The lowest BCUT2D eigenvalue weighted by atomic mass is 10.2. The van der Waals surface area contributed by atoms with Crippen LogP contribution in [0.3, 0.4) is 0 Å². The lowest BCUT2D eigenvalue weighted by Crippen LogP contribution is -2.40. The normalized spacial score (nSPS) is 10.3. The van der Waals surface area contributed by atoms with Gasteiger partial charge in [0.15, 0.2) is 0 Å². The zero-order chi connectivity index (χ0) is 19.6. The summed E-state index contributed by atoms with van der Waals surface area (Å²) in [7, 11) is 1.58. The van der Waals surface area contributed by atoms with Crippen molar-refractivity contribution in [1.29, 1.82) is 0 Å². The highest BCUT2D eigenvalue weighted by Gasteiger charge is 2.07. The van der Waals surface area contributed by atoms with Gasteiger partial charge in [-0.2, -0.15) is 0 Å². The SMILES string of the molecule is CCC(=O)Nc1ccc(C(=O)NNC(=O)C=Cc2ccc(OC)cc2)cc1. The van der Waals surface area contributed by atoms with Gasteiger partial charge in [0.2, 0.25) is 5.91 Å². The molecule has 0 saturated heterocycles. The molecule has 3 amide bonds. The minimum Gasteiger partial charge on any atom is -0.497 e. The molecular formula is C20H21N3O4. The first-order chi connectivity index (χ1) is 13.0. The first kappa shape index (κ1) is 19.7. The van der Waals surface area contributed by atoms with E-state index < -0.39 is 11.8 Å². The zero-order valence-corrected chi connectivity index (χ0v) is 15.1. The maximum atomic E-state index is 12.0. The van der Waals surface area contributed by atoms with E-state index in [1.54, 1.807) is 68.6 Å². The fourth-order valence-electron chi connectivity index (χ4n) is 2.07. The van der Waals surface area contributed by atoms with Gasteiger partial charge in [0.25, 0.3) is 11.8 Å². The Bertz CT molecular complexity index is 827. The number of benzene rings is 2. The molecule has 2 aromatic carbocycles. The third kappa shape index (κ3) is 6.32. The van der Waals surface area contributed by atoms with Crippen LogP contribution in [0, 0.1) is 0 Å². The molecule has 0 aliphatic carbocycles. The monoisotopic (exact) mass is 367 g/mol. The molecule has 7 nitrogen and oxygen atoms in total. The fourth-order valence-corrected chi connectivity index (χ4v) is 2.07. The summed E-state index contributed by atoms with van der Waals surface area (Å²) in [5, 5.41) is 2.69. The average molecular weight is 367 g/mol. The fraction of sp³-hybridized carbons (Fsp3) is 0.150. The van der Waals surface area contributed by atoms with Crippen molar-refractivity contribution >= 4 is 29.5 Å². The van der Waals surface area contributed by atoms with Crippen LogP contribution in [0.25, 0.3) is 6.08 Å². The Morgan fingerprint density at radius 3 is 2.22 bits per heavy atom. The molecule has 7 heteroatoms. The summed E-state index contributed by atoms with van der Waals surface area (Å²) >= 11 is 0. The zero-order valence-electron chi connectivity index (χ0n) is 15.1. The van der Waals surface area contributed by atoms with Gasteiger partial charge in [0, 0.05) is 23.7 Å². The van der Waals surface area contributed by atoms with Gasteiger partial charge in [-0.15, -0.1) is 0 Å². The van der Waals surface area contributed by atoms with Crippen molar-refractivity contribution in [1.82, 2.24) is 10.9 Å². The Kier molecular flexibility index (Phi) is 7.13. The first-order valence-corrected chi connectivity index (χ1v) is 8.34. The molecule has 0 aromatic heterocycles. The molecule has 0 saturated carbocycles. The number of nitrogens with one attached hydrogen (secondary N) is 3. The predicted octanol–water partition coefficient (Wildman–Crippen LogP) is 2.52. The molecule has 3 N–H and O–H groups in total. The number of ether oxygens (including phenoxy) is 1. The van der Waals surface area contributed by atoms with Crippen LogP contribution in [0.2, 0.25) is 0 Å². The highest BCUT2D eigenvalue weighted by atomic mass is 16.5. The van der Waals surface area contributed by atoms with Gasteiger partial charge in [-0.1, -0.05) is 19.1 Å². The summed E-state index contributed by atoms with van der Waals surface area (Å²) < 4.78 is 5.06. The maximum absolute atomic E-state index is 12.0. The molecule has 2 aromatic rings. The van der Waals surface area contributed by atoms with Crippen molar-refractivity contribution < 1.29 is 19.1 Å². The van der Waals surface area contributed by atoms with E-state index in [0.29, 0.717) is 17.7 Å². The molecule has 0 aliphatic rings. The van der Waals surface area contributed by atoms with Crippen LogP contribution in [0.15, 0.2) is 54.6 Å². The van der Waals surface area contributed by atoms with Crippen LogP contribution in [-0.2, 0) is 9.59 Å². The Morgan fingerprint density at radius 2 is 1.63 bits per heavy atom. The van der Waals surface area contributed by atoms with E-state index in [0.717, 1.165) is 11.3 Å². The second-order valence-electron chi connectivity index (χ2n) is 5.53. The van der Waals surface area contributed by atoms with Gasteiger partial charge < -0.3 is 10.1 Å². The lowest BCUT2D eigenvalue weighted by molar-refractivity contribution is -0.117. The van der Waals surface area contributed by atoms with E-state index in [2.05, 4.69) is 16.2 Å². The molecule has 0 aliphatic heterocycles. The summed E-state index contributed by atoms with van der Waals surface area (Å²) in [5.41, 5.74) is 6.41. The molecule has 0 unspecified atom stereocenters. The predicted molar refractivity (Wildman–Crippen MR) is 103 cm³/mol. The number of hydrogen-bond donors (Lipinski definition) is 3. The number of hydrogen-bond acceptors (Lipinski definition) is 4. The maximum Gasteiger partial charge on any atom is 0.269 e. The Labute approximate surface area is 157 Å². The van der Waals surface area contributed by atoms with E-state index in [1.807, 2.05) is 0 Å². The average Bonchev–Trinajstić information content (AvgIpc) is 2.71. The van der Waals surface area contributed by atoms with Crippen molar-refractivity contribution in [2.45, 2.75) is 13.3 Å². The van der Waals surface area contributed by atoms with Crippen LogP contribution in [-0.4, -0.2) is 24.8 Å². The van der Waals surface area contributed by atoms with Crippen LogP contribution < -0.4 is 20.9 Å². The number of amides is 3.